The van der Waals surface area contributed by atoms with Crippen LogP contribution < -0.4 is 0 Å². The van der Waals surface area contributed by atoms with Gasteiger partial charge in [-0.2, -0.15) is 0 Å². The van der Waals surface area contributed by atoms with Gasteiger partial charge in [-0.3, -0.25) is 0 Å². The molecule has 1 aliphatic rings. The lowest BCUT2D eigenvalue weighted by Gasteiger charge is -2.34. The fourth-order valence-electron chi connectivity index (χ4n) is 6.04. The molecule has 7 atom stereocenters. The maximum absolute atomic E-state index is 15.1. The summed E-state index contributed by atoms with van der Waals surface area (Å²) in [6, 6.07) is 43.7. The maximum Gasteiger partial charge on any atom is 0.192 e. The van der Waals surface area contributed by atoms with Crippen LogP contribution >= 0.6 is 0 Å². The molecule has 5 unspecified atom stereocenters. The first-order chi connectivity index (χ1) is 25.1. The minimum atomic E-state index is -1.85. The molecule has 5 aromatic carbocycles. The number of hydrogen-bond acceptors (Lipinski definition) is 8. The maximum atomic E-state index is 15.1. The van der Waals surface area contributed by atoms with Crippen molar-refractivity contribution in [2.75, 3.05) is 19.8 Å². The van der Waals surface area contributed by atoms with Gasteiger partial charge >= 0.3 is 0 Å². The van der Waals surface area contributed by atoms with Crippen LogP contribution in [0.4, 0.5) is 4.39 Å². The highest BCUT2D eigenvalue weighted by atomic mass is 19.1. The molecule has 8 nitrogen and oxygen atoms in total. The van der Waals surface area contributed by atoms with E-state index in [4.69, 9.17) is 28.4 Å². The smallest absolute Gasteiger partial charge is 0.192 e. The molecule has 2 N–H and O–H groups in total. The Hall–Kier alpha value is -4.03. The van der Waals surface area contributed by atoms with Gasteiger partial charge in [-0.15, -0.1) is 0 Å². The third-order valence-electron chi connectivity index (χ3n) is 8.88. The van der Waals surface area contributed by atoms with Crippen molar-refractivity contribution in [2.45, 2.75) is 69.4 Å². The molecule has 1 fully saturated rings. The summed E-state index contributed by atoms with van der Waals surface area (Å²) in [6.45, 7) is 0.541. The molecule has 9 heteroatoms. The van der Waals surface area contributed by atoms with Crippen LogP contribution in [0, 0.1) is 0 Å². The fourth-order valence-corrected chi connectivity index (χ4v) is 6.04. The third-order valence-corrected chi connectivity index (χ3v) is 8.88. The number of aliphatic hydroxyl groups excluding tert-OH is 2. The SMILES string of the molecule is OC[C@H]1O[C@@H](OCC(OCc2ccccc2)C(OCc2ccccc2)C(COCc2ccc3ccccc3c2)OCc2ccccc2)C(F)C1O. The van der Waals surface area contributed by atoms with Crippen molar-refractivity contribution in [1.29, 1.82) is 0 Å². The molecule has 0 amide bonds. The Morgan fingerprint density at radius 2 is 1.12 bits per heavy atom. The summed E-state index contributed by atoms with van der Waals surface area (Å²) in [7, 11) is 0. The molecule has 0 spiro atoms. The molecule has 0 aromatic heterocycles. The van der Waals surface area contributed by atoms with Crippen LogP contribution in [0.15, 0.2) is 133 Å². The topological polar surface area (TPSA) is 95.8 Å². The number of halogens is 1. The largest absolute Gasteiger partial charge is 0.394 e. The van der Waals surface area contributed by atoms with Crippen molar-refractivity contribution in [1.82, 2.24) is 0 Å². The van der Waals surface area contributed by atoms with Crippen LogP contribution in [-0.2, 0) is 54.8 Å². The van der Waals surface area contributed by atoms with E-state index in [2.05, 4.69) is 24.3 Å². The van der Waals surface area contributed by atoms with Gasteiger partial charge in [0.25, 0.3) is 0 Å². The average Bonchev–Trinajstić information content (AvgIpc) is 3.46. The van der Waals surface area contributed by atoms with E-state index in [1.165, 1.54) is 0 Å². The zero-order valence-electron chi connectivity index (χ0n) is 28.4. The highest BCUT2D eigenvalue weighted by molar-refractivity contribution is 5.82. The summed E-state index contributed by atoms with van der Waals surface area (Å²) in [5.41, 5.74) is 3.86. The Balaban J connectivity index is 1.26. The Morgan fingerprint density at radius 1 is 0.588 bits per heavy atom. The highest BCUT2D eigenvalue weighted by Gasteiger charge is 2.45. The lowest BCUT2D eigenvalue weighted by atomic mass is 10.1. The predicted molar refractivity (Wildman–Crippen MR) is 191 cm³/mol. The first-order valence-corrected chi connectivity index (χ1v) is 17.3. The molecule has 0 aliphatic carbocycles. The molecule has 5 aromatic rings. The summed E-state index contributed by atoms with van der Waals surface area (Å²) in [4.78, 5) is 0. The van der Waals surface area contributed by atoms with Crippen molar-refractivity contribution >= 4 is 10.8 Å². The molecule has 6 rings (SSSR count). The van der Waals surface area contributed by atoms with Crippen LogP contribution in [-0.4, -0.2) is 73.0 Å². The van der Waals surface area contributed by atoms with E-state index < -0.39 is 49.6 Å². The molecule has 0 saturated carbocycles. The van der Waals surface area contributed by atoms with E-state index in [1.54, 1.807) is 0 Å². The second-order valence-corrected chi connectivity index (χ2v) is 12.6. The summed E-state index contributed by atoms with van der Waals surface area (Å²) in [5.74, 6) is 0. The van der Waals surface area contributed by atoms with Crippen LogP contribution in [0.3, 0.4) is 0 Å². The second kappa shape index (κ2) is 19.0. The Bertz CT molecular complexity index is 1730. The molecule has 51 heavy (non-hydrogen) atoms. The molecular weight excluding hydrogens is 651 g/mol. The van der Waals surface area contributed by atoms with Gasteiger partial charge in [0, 0.05) is 0 Å². The second-order valence-electron chi connectivity index (χ2n) is 12.6. The first kappa shape index (κ1) is 36.8. The van der Waals surface area contributed by atoms with E-state index in [0.717, 1.165) is 33.0 Å². The number of rotatable bonds is 19. The Kier molecular flexibility index (Phi) is 13.7. The lowest BCUT2D eigenvalue weighted by molar-refractivity contribution is -0.213. The molecule has 1 aliphatic heterocycles. The van der Waals surface area contributed by atoms with Crippen molar-refractivity contribution in [2.24, 2.45) is 0 Å². The zero-order valence-corrected chi connectivity index (χ0v) is 28.4. The molecule has 0 bridgehead atoms. The van der Waals surface area contributed by atoms with Gasteiger partial charge in [-0.05, 0) is 39.1 Å². The van der Waals surface area contributed by atoms with Crippen molar-refractivity contribution in [3.8, 4) is 0 Å². The number of hydrogen-bond donors (Lipinski definition) is 2. The Labute approximate surface area is 298 Å². The van der Waals surface area contributed by atoms with E-state index in [0.29, 0.717) is 6.61 Å². The Morgan fingerprint density at radius 3 is 1.69 bits per heavy atom. The minimum absolute atomic E-state index is 0.154. The van der Waals surface area contributed by atoms with Gasteiger partial charge in [0.15, 0.2) is 12.5 Å². The van der Waals surface area contributed by atoms with Crippen LogP contribution in [0.5, 0.6) is 0 Å². The summed E-state index contributed by atoms with van der Waals surface area (Å²) < 4.78 is 52.7. The van der Waals surface area contributed by atoms with Crippen molar-refractivity contribution in [3.05, 3.63) is 156 Å². The highest BCUT2D eigenvalue weighted by Crippen LogP contribution is 2.27. The average molecular weight is 697 g/mol. The van der Waals surface area contributed by atoms with Gasteiger partial charge in [-0.1, -0.05) is 127 Å². The summed E-state index contributed by atoms with van der Waals surface area (Å²) in [6.07, 6.45) is -8.06. The first-order valence-electron chi connectivity index (χ1n) is 17.3. The van der Waals surface area contributed by atoms with Gasteiger partial charge < -0.3 is 38.6 Å². The number of benzene rings is 5. The summed E-state index contributed by atoms with van der Waals surface area (Å²) >= 11 is 0. The van der Waals surface area contributed by atoms with Gasteiger partial charge in [0.2, 0.25) is 0 Å². The van der Waals surface area contributed by atoms with E-state index >= 15 is 4.39 Å². The zero-order chi connectivity index (χ0) is 35.3. The van der Waals surface area contributed by atoms with E-state index in [-0.39, 0.29) is 33.0 Å². The van der Waals surface area contributed by atoms with Crippen molar-refractivity contribution < 1.29 is 43.0 Å². The van der Waals surface area contributed by atoms with E-state index in [1.807, 2.05) is 109 Å². The van der Waals surface area contributed by atoms with Crippen LogP contribution in [0.1, 0.15) is 22.3 Å². The number of fused-ring (bicyclic) bond motifs is 1. The summed E-state index contributed by atoms with van der Waals surface area (Å²) in [5, 5.41) is 22.1. The van der Waals surface area contributed by atoms with Crippen LogP contribution in [0.2, 0.25) is 0 Å². The molecule has 268 valence electrons. The standard InChI is InChI=1S/C42H45FO8/c43-39-40(45)36(23-44)51-42(39)50-29-38(48-26-31-14-6-2-7-15-31)41(49-27-32-16-8-3-9-17-32)37(47-25-30-12-4-1-5-13-30)28-46-24-33-20-21-34-18-10-11-19-35(34)22-33/h1-22,36-42,44-45H,23-29H2/t36-,37?,38?,39?,40?,41?,42-/m1/s1. The fraction of sp³-hybridized carbons (Fsp3) is 0.333. The van der Waals surface area contributed by atoms with Crippen LogP contribution in [0.25, 0.3) is 10.8 Å². The lowest BCUT2D eigenvalue weighted by Crippen LogP contribution is -2.48. The monoisotopic (exact) mass is 696 g/mol. The normalized spacial score (nSPS) is 20.7. The third kappa shape index (κ3) is 10.5. The number of alkyl halides is 1. The number of aliphatic hydroxyl groups is 2. The van der Waals surface area contributed by atoms with Gasteiger partial charge in [0.1, 0.15) is 30.5 Å². The molecule has 1 heterocycles. The molecular formula is C42H45FO8. The molecule has 1 saturated heterocycles. The van der Waals surface area contributed by atoms with Gasteiger partial charge in [-0.25, -0.2) is 4.39 Å². The molecule has 0 radical (unpaired) electrons. The predicted octanol–water partition coefficient (Wildman–Crippen LogP) is 6.55. The van der Waals surface area contributed by atoms with E-state index in [9.17, 15) is 10.2 Å². The van der Waals surface area contributed by atoms with Crippen molar-refractivity contribution in [3.63, 3.8) is 0 Å². The van der Waals surface area contributed by atoms with Gasteiger partial charge in [0.05, 0.1) is 46.2 Å². The quantitative estimate of drug-likeness (QED) is 0.101. The number of ether oxygens (including phenoxy) is 6. The minimum Gasteiger partial charge on any atom is -0.394 e.